The summed E-state index contributed by atoms with van der Waals surface area (Å²) in [5, 5.41) is 9.15. The van der Waals surface area contributed by atoms with Crippen molar-refractivity contribution in [2.75, 3.05) is 0 Å². The van der Waals surface area contributed by atoms with Crippen LogP contribution in [0.1, 0.15) is 68.2 Å². The number of hydrogen-bond acceptors (Lipinski definition) is 4. The van der Waals surface area contributed by atoms with Gasteiger partial charge in [-0.05, 0) is 34.1 Å². The van der Waals surface area contributed by atoms with Gasteiger partial charge in [-0.1, -0.05) is 6.92 Å². The van der Waals surface area contributed by atoms with E-state index in [1.165, 1.54) is 10.4 Å². The van der Waals surface area contributed by atoms with Crippen LogP contribution in [-0.2, 0) is 6.42 Å². The molecule has 0 bridgehead atoms. The highest BCUT2D eigenvalue weighted by atomic mass is 32.1. The van der Waals surface area contributed by atoms with E-state index in [1.54, 1.807) is 11.3 Å². The van der Waals surface area contributed by atoms with Crippen LogP contribution in [0.4, 0.5) is 0 Å². The van der Waals surface area contributed by atoms with Gasteiger partial charge in [0.05, 0.1) is 12.2 Å². The molecule has 2 heterocycles. The summed E-state index contributed by atoms with van der Waals surface area (Å²) in [6.45, 7) is 10.8. The Morgan fingerprint density at radius 2 is 1.95 bits per heavy atom. The Bertz CT molecular complexity index is 544. The van der Waals surface area contributed by atoms with E-state index < -0.39 is 0 Å². The van der Waals surface area contributed by atoms with Crippen LogP contribution in [0, 0.1) is 0 Å². The molecule has 0 unspecified atom stereocenters. The molecule has 0 aliphatic rings. The highest BCUT2D eigenvalue weighted by molar-refractivity contribution is 7.11. The lowest BCUT2D eigenvalue weighted by Crippen LogP contribution is -2.22. The fourth-order valence-electron chi connectivity index (χ4n) is 2.09. The Kier molecular flexibility index (Phi) is 4.94. The van der Waals surface area contributed by atoms with Crippen LogP contribution in [-0.4, -0.2) is 14.8 Å². The molecule has 0 aliphatic carbocycles. The zero-order chi connectivity index (χ0) is 14.7. The first-order chi connectivity index (χ1) is 9.51. The molecule has 0 saturated heterocycles. The Balaban J connectivity index is 2.00. The van der Waals surface area contributed by atoms with Crippen LogP contribution in [0.3, 0.4) is 0 Å². The molecule has 0 radical (unpaired) electrons. The molecule has 0 amide bonds. The minimum absolute atomic E-state index is 0.262. The van der Waals surface area contributed by atoms with Gasteiger partial charge < -0.3 is 5.32 Å². The molecule has 0 saturated carbocycles. The molecule has 20 heavy (non-hydrogen) atoms. The van der Waals surface area contributed by atoms with Crippen LogP contribution < -0.4 is 5.32 Å². The first-order valence-corrected chi connectivity index (χ1v) is 8.07. The average molecular weight is 292 g/mol. The second-order valence-corrected chi connectivity index (χ2v) is 6.62. The van der Waals surface area contributed by atoms with Crippen molar-refractivity contribution in [1.82, 2.24) is 20.1 Å². The molecule has 4 nitrogen and oxygen atoms in total. The second kappa shape index (κ2) is 6.50. The van der Waals surface area contributed by atoms with Crippen molar-refractivity contribution in [3.05, 3.63) is 34.0 Å². The van der Waals surface area contributed by atoms with Crippen molar-refractivity contribution in [1.29, 1.82) is 0 Å². The molecule has 110 valence electrons. The van der Waals surface area contributed by atoms with Crippen LogP contribution >= 0.6 is 11.3 Å². The van der Waals surface area contributed by atoms with Crippen molar-refractivity contribution in [3.8, 4) is 0 Å². The van der Waals surface area contributed by atoms with Gasteiger partial charge in [-0.2, -0.15) is 5.10 Å². The smallest absolute Gasteiger partial charge is 0.109 e. The summed E-state index contributed by atoms with van der Waals surface area (Å²) in [5.74, 6) is 0. The third-order valence-electron chi connectivity index (χ3n) is 3.44. The number of hydrogen-bond donors (Lipinski definition) is 1. The van der Waals surface area contributed by atoms with Crippen LogP contribution in [0.2, 0.25) is 0 Å². The maximum absolute atomic E-state index is 4.50. The highest BCUT2D eigenvalue weighted by Gasteiger charge is 2.15. The summed E-state index contributed by atoms with van der Waals surface area (Å²) in [6.07, 6.45) is 7.11. The first-order valence-electron chi connectivity index (χ1n) is 7.26. The third kappa shape index (κ3) is 3.46. The molecule has 2 atom stereocenters. The van der Waals surface area contributed by atoms with E-state index in [2.05, 4.69) is 56.2 Å². The van der Waals surface area contributed by atoms with Gasteiger partial charge in [-0.15, -0.1) is 11.3 Å². The number of nitrogens with zero attached hydrogens (tertiary/aromatic N) is 3. The molecule has 0 spiro atoms. The van der Waals surface area contributed by atoms with E-state index in [0.717, 1.165) is 11.4 Å². The van der Waals surface area contributed by atoms with Crippen LogP contribution in [0.15, 0.2) is 18.6 Å². The van der Waals surface area contributed by atoms with E-state index in [4.69, 9.17) is 0 Å². The van der Waals surface area contributed by atoms with E-state index in [-0.39, 0.29) is 12.1 Å². The summed E-state index contributed by atoms with van der Waals surface area (Å²) in [7, 11) is 0. The van der Waals surface area contributed by atoms with E-state index in [0.29, 0.717) is 6.04 Å². The van der Waals surface area contributed by atoms with Gasteiger partial charge in [-0.3, -0.25) is 4.68 Å². The van der Waals surface area contributed by atoms with Crippen LogP contribution in [0.25, 0.3) is 0 Å². The topological polar surface area (TPSA) is 42.7 Å². The number of thiazole rings is 1. The zero-order valence-corrected chi connectivity index (χ0v) is 13.7. The van der Waals surface area contributed by atoms with Crippen molar-refractivity contribution >= 4 is 11.3 Å². The fourth-order valence-corrected chi connectivity index (χ4v) is 2.96. The molecule has 2 aromatic rings. The molecular formula is C15H24N4S. The minimum Gasteiger partial charge on any atom is -0.301 e. The summed E-state index contributed by atoms with van der Waals surface area (Å²) < 4.78 is 2.00. The summed E-state index contributed by atoms with van der Waals surface area (Å²) >= 11 is 1.79. The predicted octanol–water partition coefficient (Wildman–Crippen LogP) is 3.89. The lowest BCUT2D eigenvalue weighted by atomic mass is 10.1. The maximum atomic E-state index is 4.50. The Hall–Kier alpha value is -1.20. The zero-order valence-electron chi connectivity index (χ0n) is 12.9. The Morgan fingerprint density at radius 3 is 2.50 bits per heavy atom. The van der Waals surface area contributed by atoms with E-state index >= 15 is 0 Å². The number of aryl methyl sites for hydroxylation is 1. The summed E-state index contributed by atoms with van der Waals surface area (Å²) in [5.41, 5.74) is 1.22. The van der Waals surface area contributed by atoms with E-state index in [1.807, 2.05) is 17.1 Å². The van der Waals surface area contributed by atoms with Gasteiger partial charge in [0, 0.05) is 34.9 Å². The number of aromatic nitrogens is 3. The first kappa shape index (κ1) is 15.2. The molecule has 2 rings (SSSR count). The molecular weight excluding hydrogens is 268 g/mol. The standard InChI is InChI=1S/C15H24N4S/c1-6-14-8-16-15(20-14)12(5)18-11(4)13-7-17-19(9-13)10(2)3/h7-12,18H,6H2,1-5H3/t11-,12+/m0/s1. The number of rotatable bonds is 6. The lowest BCUT2D eigenvalue weighted by Gasteiger charge is -2.17. The van der Waals surface area contributed by atoms with Crippen molar-refractivity contribution in [3.63, 3.8) is 0 Å². The molecule has 0 aliphatic heterocycles. The normalized spacial score (nSPS) is 14.7. The molecule has 0 fully saturated rings. The molecule has 2 aromatic heterocycles. The van der Waals surface area contributed by atoms with Gasteiger partial charge >= 0.3 is 0 Å². The predicted molar refractivity (Wildman–Crippen MR) is 84.1 cm³/mol. The Labute approximate surface area is 125 Å². The lowest BCUT2D eigenvalue weighted by molar-refractivity contribution is 0.490. The largest absolute Gasteiger partial charge is 0.301 e. The quantitative estimate of drug-likeness (QED) is 0.878. The minimum atomic E-state index is 0.262. The summed E-state index contributed by atoms with van der Waals surface area (Å²) in [6, 6.07) is 0.934. The van der Waals surface area contributed by atoms with Gasteiger partial charge in [0.15, 0.2) is 0 Å². The molecule has 1 N–H and O–H groups in total. The van der Waals surface area contributed by atoms with Crippen LogP contribution in [0.5, 0.6) is 0 Å². The second-order valence-electron chi connectivity index (χ2n) is 5.48. The average Bonchev–Trinajstić information content (AvgIpc) is 3.07. The van der Waals surface area contributed by atoms with Crippen molar-refractivity contribution < 1.29 is 0 Å². The van der Waals surface area contributed by atoms with Gasteiger partial charge in [0.1, 0.15) is 5.01 Å². The Morgan fingerprint density at radius 1 is 1.20 bits per heavy atom. The van der Waals surface area contributed by atoms with Crippen molar-refractivity contribution in [2.24, 2.45) is 0 Å². The summed E-state index contributed by atoms with van der Waals surface area (Å²) in [4.78, 5) is 5.84. The fraction of sp³-hybridized carbons (Fsp3) is 0.600. The highest BCUT2D eigenvalue weighted by Crippen LogP contribution is 2.23. The molecule has 5 heteroatoms. The SMILES string of the molecule is CCc1cnc([C@@H](C)N[C@@H](C)c2cnn(C(C)C)c2)s1. The monoisotopic (exact) mass is 292 g/mol. The van der Waals surface area contributed by atoms with Gasteiger partial charge in [-0.25, -0.2) is 4.98 Å². The number of nitrogens with one attached hydrogen (secondary N) is 1. The molecule has 0 aromatic carbocycles. The van der Waals surface area contributed by atoms with Crippen molar-refractivity contribution in [2.45, 2.75) is 59.2 Å². The van der Waals surface area contributed by atoms with E-state index in [9.17, 15) is 0 Å². The van der Waals surface area contributed by atoms with Gasteiger partial charge in [0.2, 0.25) is 0 Å². The maximum Gasteiger partial charge on any atom is 0.109 e. The van der Waals surface area contributed by atoms with Gasteiger partial charge in [0.25, 0.3) is 0 Å². The third-order valence-corrected chi connectivity index (χ3v) is 4.77.